The third-order valence-electron chi connectivity index (χ3n) is 4.28. The van der Waals surface area contributed by atoms with Gasteiger partial charge in [0, 0.05) is 30.8 Å². The summed E-state index contributed by atoms with van der Waals surface area (Å²) >= 11 is 0. The first kappa shape index (κ1) is 23.1. The maximum absolute atomic E-state index is 12.7. The highest BCUT2D eigenvalue weighted by molar-refractivity contribution is 7.87. The van der Waals surface area contributed by atoms with Gasteiger partial charge in [-0.15, -0.1) is 0 Å². The number of benzene rings is 2. The number of hydrogen-bond donors (Lipinski definition) is 0. The van der Waals surface area contributed by atoms with Gasteiger partial charge < -0.3 is 9.08 Å². The van der Waals surface area contributed by atoms with Crippen LogP contribution in [0.4, 0.5) is 5.69 Å². The Hall–Kier alpha value is -3.20. The normalized spacial score (nSPS) is 11.6. The van der Waals surface area contributed by atoms with E-state index in [9.17, 15) is 23.3 Å². The van der Waals surface area contributed by atoms with E-state index in [1.807, 2.05) is 13.8 Å². The Balaban J connectivity index is 2.07. The summed E-state index contributed by atoms with van der Waals surface area (Å²) in [5, 5.41) is 10.7. The molecule has 0 aliphatic carbocycles. The minimum atomic E-state index is -3.59. The van der Waals surface area contributed by atoms with Crippen molar-refractivity contribution < 1.29 is 22.3 Å². The van der Waals surface area contributed by atoms with E-state index < -0.39 is 15.0 Å². The van der Waals surface area contributed by atoms with Crippen LogP contribution in [0, 0.1) is 10.1 Å². The van der Waals surface area contributed by atoms with Crippen molar-refractivity contribution in [1.29, 1.82) is 0 Å². The Morgan fingerprint density at radius 3 is 2.23 bits per heavy atom. The van der Waals surface area contributed by atoms with E-state index in [-0.39, 0.29) is 29.1 Å². The molecule has 0 saturated heterocycles. The summed E-state index contributed by atoms with van der Waals surface area (Å²) in [6.07, 6.45) is 3.03. The average molecular weight is 432 g/mol. The van der Waals surface area contributed by atoms with Gasteiger partial charge in [-0.2, -0.15) is 8.42 Å². The number of nitro benzene ring substituents is 1. The molecule has 0 spiro atoms. The van der Waals surface area contributed by atoms with Crippen LogP contribution in [0.15, 0.2) is 54.6 Å². The summed E-state index contributed by atoms with van der Waals surface area (Å²) in [6.45, 7) is 5.62. The van der Waals surface area contributed by atoms with Gasteiger partial charge in [0.05, 0.1) is 10.7 Å². The molecule has 0 saturated carbocycles. The van der Waals surface area contributed by atoms with E-state index in [1.165, 1.54) is 25.1 Å². The molecule has 0 aliphatic rings. The second-order valence-electron chi connectivity index (χ2n) is 6.82. The van der Waals surface area contributed by atoms with Gasteiger partial charge in [0.25, 0.3) is 5.69 Å². The summed E-state index contributed by atoms with van der Waals surface area (Å²) in [5.74, 6) is -0.107. The second-order valence-corrected chi connectivity index (χ2v) is 8.67. The fourth-order valence-corrected chi connectivity index (χ4v) is 3.06. The predicted molar refractivity (Wildman–Crippen MR) is 114 cm³/mol. The Kier molecular flexibility index (Phi) is 7.71. The molecule has 0 N–H and O–H groups in total. The Morgan fingerprint density at radius 2 is 1.73 bits per heavy atom. The number of amides is 1. The number of carbonyl (C=O) groups excluding carboxylic acids is 1. The van der Waals surface area contributed by atoms with Gasteiger partial charge in [-0.25, -0.2) is 0 Å². The van der Waals surface area contributed by atoms with Gasteiger partial charge in [0.1, 0.15) is 5.75 Å². The molecule has 30 heavy (non-hydrogen) atoms. The molecule has 0 radical (unpaired) electrons. The fraction of sp³-hybridized carbons (Fsp3) is 0.286. The van der Waals surface area contributed by atoms with E-state index in [1.54, 1.807) is 47.4 Å². The number of carbonyl (C=O) groups is 1. The quantitative estimate of drug-likeness (QED) is 0.258. The smallest absolute Gasteiger partial charge is 0.308 e. The average Bonchev–Trinajstić information content (AvgIpc) is 2.71. The lowest BCUT2D eigenvalue weighted by Gasteiger charge is -2.25. The van der Waals surface area contributed by atoms with E-state index in [4.69, 9.17) is 4.18 Å². The lowest BCUT2D eigenvalue weighted by Crippen LogP contribution is -2.35. The monoisotopic (exact) mass is 432 g/mol. The first-order valence-electron chi connectivity index (χ1n) is 9.35. The molecule has 0 aliphatic heterocycles. The first-order chi connectivity index (χ1) is 14.1. The van der Waals surface area contributed by atoms with E-state index in [0.29, 0.717) is 12.1 Å². The molecular weight excluding hydrogens is 408 g/mol. The highest BCUT2D eigenvalue weighted by Gasteiger charge is 2.16. The van der Waals surface area contributed by atoms with Gasteiger partial charge in [-0.05, 0) is 62.2 Å². The van der Waals surface area contributed by atoms with Crippen molar-refractivity contribution in [2.75, 3.05) is 5.75 Å². The molecule has 0 bridgehead atoms. The fourth-order valence-electron chi connectivity index (χ4n) is 2.54. The van der Waals surface area contributed by atoms with Crippen molar-refractivity contribution in [3.8, 4) is 5.75 Å². The zero-order valence-electron chi connectivity index (χ0n) is 17.0. The predicted octanol–water partition coefficient (Wildman–Crippen LogP) is 3.77. The Bertz CT molecular complexity index is 1010. The Morgan fingerprint density at radius 1 is 1.13 bits per heavy atom. The third-order valence-corrected chi connectivity index (χ3v) is 5.44. The maximum Gasteiger partial charge on any atom is 0.308 e. The molecule has 160 valence electrons. The lowest BCUT2D eigenvalue weighted by atomic mass is 10.1. The molecule has 2 aromatic rings. The molecule has 9 heteroatoms. The third kappa shape index (κ3) is 6.70. The van der Waals surface area contributed by atoms with Crippen LogP contribution in [-0.4, -0.2) is 35.9 Å². The molecule has 2 rings (SSSR count). The minimum Gasteiger partial charge on any atom is -0.382 e. The molecular formula is C21H24N2O6S. The van der Waals surface area contributed by atoms with Crippen molar-refractivity contribution in [2.24, 2.45) is 0 Å². The van der Waals surface area contributed by atoms with Gasteiger partial charge in [0.15, 0.2) is 0 Å². The molecule has 0 fully saturated rings. The standard InChI is InChI=1S/C21H24N2O6S/c1-4-30(27,28)29-20-12-7-18(8-13-20)15-22(16(2)3)21(24)14-9-17-5-10-19(11-6-17)23(25)26/h5-14,16H,4,15H2,1-3H3. The highest BCUT2D eigenvalue weighted by Crippen LogP contribution is 2.18. The Labute approximate surface area is 176 Å². The van der Waals surface area contributed by atoms with Crippen LogP contribution >= 0.6 is 0 Å². The van der Waals surface area contributed by atoms with Crippen molar-refractivity contribution in [3.63, 3.8) is 0 Å². The number of rotatable bonds is 9. The first-order valence-corrected chi connectivity index (χ1v) is 10.9. The lowest BCUT2D eigenvalue weighted by molar-refractivity contribution is -0.384. The molecule has 0 aromatic heterocycles. The topological polar surface area (TPSA) is 107 Å². The highest BCUT2D eigenvalue weighted by atomic mass is 32.2. The van der Waals surface area contributed by atoms with Crippen molar-refractivity contribution in [2.45, 2.75) is 33.4 Å². The summed E-state index contributed by atoms with van der Waals surface area (Å²) in [4.78, 5) is 24.5. The van der Waals surface area contributed by atoms with Crippen LogP contribution in [0.1, 0.15) is 31.9 Å². The van der Waals surface area contributed by atoms with E-state index in [0.717, 1.165) is 5.56 Å². The summed E-state index contributed by atoms with van der Waals surface area (Å²) in [5.41, 5.74) is 1.49. The maximum atomic E-state index is 12.7. The minimum absolute atomic E-state index is 0.0125. The number of non-ortho nitro benzene ring substituents is 1. The van der Waals surface area contributed by atoms with E-state index >= 15 is 0 Å². The summed E-state index contributed by atoms with van der Waals surface area (Å²) in [6, 6.07) is 12.4. The van der Waals surface area contributed by atoms with Crippen LogP contribution in [0.25, 0.3) is 6.08 Å². The van der Waals surface area contributed by atoms with Crippen LogP contribution in [0.5, 0.6) is 5.75 Å². The van der Waals surface area contributed by atoms with Crippen LogP contribution in [0.3, 0.4) is 0 Å². The van der Waals surface area contributed by atoms with Gasteiger partial charge >= 0.3 is 10.1 Å². The molecule has 1 amide bonds. The number of nitrogens with zero attached hydrogens (tertiary/aromatic N) is 2. The number of nitro groups is 1. The van der Waals surface area contributed by atoms with Gasteiger partial charge in [-0.1, -0.05) is 12.1 Å². The summed E-state index contributed by atoms with van der Waals surface area (Å²) < 4.78 is 28.0. The van der Waals surface area contributed by atoms with E-state index in [2.05, 4.69) is 0 Å². The largest absolute Gasteiger partial charge is 0.382 e. The zero-order valence-corrected chi connectivity index (χ0v) is 17.8. The molecule has 0 unspecified atom stereocenters. The molecule has 0 atom stereocenters. The second kappa shape index (κ2) is 10.0. The molecule has 8 nitrogen and oxygen atoms in total. The van der Waals surface area contributed by atoms with Gasteiger partial charge in [0.2, 0.25) is 5.91 Å². The summed E-state index contributed by atoms with van der Waals surface area (Å²) in [7, 11) is -3.59. The van der Waals surface area contributed by atoms with Crippen LogP contribution in [-0.2, 0) is 21.5 Å². The van der Waals surface area contributed by atoms with Crippen molar-refractivity contribution in [1.82, 2.24) is 4.90 Å². The zero-order chi connectivity index (χ0) is 22.3. The SMILES string of the molecule is CCS(=O)(=O)Oc1ccc(CN(C(=O)C=Cc2ccc([N+](=O)[O-])cc2)C(C)C)cc1. The van der Waals surface area contributed by atoms with Crippen LogP contribution < -0.4 is 4.18 Å². The van der Waals surface area contributed by atoms with Crippen molar-refractivity contribution >= 4 is 27.8 Å². The van der Waals surface area contributed by atoms with Gasteiger partial charge in [-0.3, -0.25) is 14.9 Å². The molecule has 2 aromatic carbocycles. The molecule has 0 heterocycles. The number of hydrogen-bond acceptors (Lipinski definition) is 6. The van der Waals surface area contributed by atoms with Crippen molar-refractivity contribution in [3.05, 3.63) is 75.8 Å². The van der Waals surface area contributed by atoms with Crippen LogP contribution in [0.2, 0.25) is 0 Å².